The molecule has 0 atom stereocenters. The van der Waals surface area contributed by atoms with Crippen LogP contribution in [0.15, 0.2) is 115 Å². The molecule has 5 rings (SSSR count). The Bertz CT molecular complexity index is 1290. The lowest BCUT2D eigenvalue weighted by atomic mass is 10.1. The predicted octanol–water partition coefficient (Wildman–Crippen LogP) is 5.24. The highest BCUT2D eigenvalue weighted by molar-refractivity contribution is 8.01. The zero-order valence-electron chi connectivity index (χ0n) is 19.1. The second-order valence-corrected chi connectivity index (χ2v) is 11.8. The number of aromatic nitrogens is 2. The number of hydrogen-bond acceptors (Lipinski definition) is 1. The van der Waals surface area contributed by atoms with E-state index in [0.29, 0.717) is 0 Å². The van der Waals surface area contributed by atoms with Crippen LogP contribution in [0.1, 0.15) is 22.6 Å². The molecule has 0 aliphatic rings. The minimum Gasteiger partial charge on any atom is -0.342 e. The highest BCUT2D eigenvalue weighted by Gasteiger charge is 2.51. The molecule has 0 unspecified atom stereocenters. The average molecular weight is 448 g/mol. The van der Waals surface area contributed by atoms with Gasteiger partial charge in [-0.1, -0.05) is 84.4 Å². The van der Waals surface area contributed by atoms with Crippen LogP contribution in [0.5, 0.6) is 0 Å². The molecular formula is C30H28N2P+. The molecule has 0 aliphatic carbocycles. The van der Waals surface area contributed by atoms with Gasteiger partial charge in [-0.3, -0.25) is 0 Å². The van der Waals surface area contributed by atoms with Crippen LogP contribution in [-0.2, 0) is 6.42 Å². The smallest absolute Gasteiger partial charge is 0.218 e. The predicted molar refractivity (Wildman–Crippen MR) is 142 cm³/mol. The summed E-state index contributed by atoms with van der Waals surface area (Å²) in [5.74, 6) is 1.01. The second kappa shape index (κ2) is 9.17. The highest BCUT2D eigenvalue weighted by Crippen LogP contribution is 2.54. The van der Waals surface area contributed by atoms with Crippen molar-refractivity contribution < 1.29 is 0 Å². The van der Waals surface area contributed by atoms with Crippen molar-refractivity contribution in [2.24, 2.45) is 0 Å². The zero-order chi connectivity index (χ0) is 22.7. The van der Waals surface area contributed by atoms with Gasteiger partial charge in [-0.2, -0.15) is 4.98 Å². The lowest BCUT2D eigenvalue weighted by molar-refractivity contribution is 1.02. The van der Waals surface area contributed by atoms with E-state index in [9.17, 15) is 0 Å². The molecule has 3 heteroatoms. The van der Waals surface area contributed by atoms with E-state index in [-0.39, 0.29) is 0 Å². The summed E-state index contributed by atoms with van der Waals surface area (Å²) in [6.45, 7) is 4.32. The summed E-state index contributed by atoms with van der Waals surface area (Å²) >= 11 is 0. The Labute approximate surface area is 196 Å². The van der Waals surface area contributed by atoms with Gasteiger partial charge in [0.1, 0.15) is 21.7 Å². The van der Waals surface area contributed by atoms with Crippen LogP contribution in [0.2, 0.25) is 0 Å². The van der Waals surface area contributed by atoms with Gasteiger partial charge in [-0.15, -0.1) is 0 Å². The Kier molecular flexibility index (Phi) is 5.94. The summed E-state index contributed by atoms with van der Waals surface area (Å²) in [4.78, 5) is 8.96. The molecule has 5 aromatic rings. The molecule has 0 radical (unpaired) electrons. The minimum absolute atomic E-state index is 0.791. The van der Waals surface area contributed by atoms with Gasteiger partial charge >= 0.3 is 0 Å². The second-order valence-electron chi connectivity index (χ2n) is 8.47. The molecule has 0 spiro atoms. The van der Waals surface area contributed by atoms with Crippen LogP contribution in [0.3, 0.4) is 0 Å². The van der Waals surface area contributed by atoms with Crippen molar-refractivity contribution in [1.82, 2.24) is 9.97 Å². The van der Waals surface area contributed by atoms with E-state index < -0.39 is 7.26 Å². The molecule has 1 N–H and O–H groups in total. The number of hydrogen-bond donors (Lipinski definition) is 1. The van der Waals surface area contributed by atoms with Gasteiger partial charge in [0, 0.05) is 6.42 Å². The average Bonchev–Trinajstić information content (AvgIpc) is 3.22. The summed E-state index contributed by atoms with van der Waals surface area (Å²) in [7, 11) is -2.19. The highest BCUT2D eigenvalue weighted by atomic mass is 31.2. The number of aryl methyl sites for hydroxylation is 2. The van der Waals surface area contributed by atoms with Gasteiger partial charge in [0.25, 0.3) is 0 Å². The number of H-pyrrole nitrogens is 1. The van der Waals surface area contributed by atoms with Crippen molar-refractivity contribution in [2.45, 2.75) is 20.3 Å². The van der Waals surface area contributed by atoms with Gasteiger partial charge < -0.3 is 4.98 Å². The third-order valence-electron chi connectivity index (χ3n) is 6.15. The third kappa shape index (κ3) is 4.03. The van der Waals surface area contributed by atoms with E-state index >= 15 is 0 Å². The van der Waals surface area contributed by atoms with Crippen LogP contribution in [-0.4, -0.2) is 9.97 Å². The monoisotopic (exact) mass is 447 g/mol. The fraction of sp³-hybridized carbons (Fsp3) is 0.100. The van der Waals surface area contributed by atoms with Gasteiger partial charge in [-0.25, -0.2) is 0 Å². The normalized spacial score (nSPS) is 11.5. The van der Waals surface area contributed by atoms with Crippen LogP contribution < -0.4 is 21.3 Å². The van der Waals surface area contributed by atoms with Crippen LogP contribution in [0, 0.1) is 13.8 Å². The molecule has 33 heavy (non-hydrogen) atoms. The lowest BCUT2D eigenvalue weighted by Gasteiger charge is -2.26. The fourth-order valence-corrected chi connectivity index (χ4v) is 8.89. The topological polar surface area (TPSA) is 28.7 Å². The van der Waals surface area contributed by atoms with E-state index in [1.54, 1.807) is 0 Å². The van der Waals surface area contributed by atoms with Crippen molar-refractivity contribution in [3.05, 3.63) is 138 Å². The van der Waals surface area contributed by atoms with E-state index in [4.69, 9.17) is 4.98 Å². The first-order valence-electron chi connectivity index (χ1n) is 11.4. The number of benzene rings is 4. The molecule has 0 bridgehead atoms. The zero-order valence-corrected chi connectivity index (χ0v) is 20.0. The molecule has 2 nitrogen and oxygen atoms in total. The standard InChI is InChI=1S/C30H28N2P/c1-23-18-20-28(21-19-23)33(26-14-8-4-9-15-26,27-16-10-5-11-17-27)30-24(2)31-29(32-30)22-25-12-6-3-7-13-25/h3-21H,22H2,1-2H3,(H,31,32)/q+1. The largest absolute Gasteiger partial charge is 0.342 e. The van der Waals surface area contributed by atoms with Crippen molar-refractivity contribution in [1.29, 1.82) is 0 Å². The number of imidazole rings is 1. The maximum atomic E-state index is 5.32. The maximum Gasteiger partial charge on any atom is 0.218 e. The molecule has 0 saturated heterocycles. The first kappa shape index (κ1) is 21.4. The van der Waals surface area contributed by atoms with E-state index in [0.717, 1.165) is 23.4 Å². The van der Waals surface area contributed by atoms with Crippen molar-refractivity contribution in [2.75, 3.05) is 0 Å². The molecular weight excluding hydrogens is 419 g/mol. The fourth-order valence-electron chi connectivity index (χ4n) is 4.60. The number of aromatic amines is 1. The molecule has 1 aromatic heterocycles. The van der Waals surface area contributed by atoms with Crippen LogP contribution >= 0.6 is 7.26 Å². The maximum absolute atomic E-state index is 5.32. The first-order chi connectivity index (χ1) is 16.2. The SMILES string of the molecule is Cc1ccc([P+](c2ccccc2)(c2ccccc2)c2nc(Cc3ccccc3)[nH]c2C)cc1. The Hall–Kier alpha value is -3.48. The molecule has 4 aromatic carbocycles. The Morgan fingerprint density at radius 2 is 1.09 bits per heavy atom. The number of nitrogens with zero attached hydrogens (tertiary/aromatic N) is 1. The van der Waals surface area contributed by atoms with E-state index in [2.05, 4.69) is 134 Å². The van der Waals surface area contributed by atoms with Gasteiger partial charge in [0.15, 0.2) is 7.26 Å². The van der Waals surface area contributed by atoms with E-state index in [1.165, 1.54) is 27.0 Å². The molecule has 0 amide bonds. The Morgan fingerprint density at radius 1 is 0.606 bits per heavy atom. The summed E-state index contributed by atoms with van der Waals surface area (Å²) in [6.07, 6.45) is 0.791. The Morgan fingerprint density at radius 3 is 1.64 bits per heavy atom. The Balaban J connectivity index is 1.78. The molecule has 0 fully saturated rings. The van der Waals surface area contributed by atoms with Crippen molar-refractivity contribution in [3.63, 3.8) is 0 Å². The third-order valence-corrected chi connectivity index (χ3v) is 10.4. The molecule has 0 aliphatic heterocycles. The van der Waals surface area contributed by atoms with Crippen molar-refractivity contribution >= 4 is 28.6 Å². The minimum atomic E-state index is -2.19. The number of nitrogens with one attached hydrogen (secondary N) is 1. The van der Waals surface area contributed by atoms with Gasteiger partial charge in [0.2, 0.25) is 5.44 Å². The molecule has 0 saturated carbocycles. The van der Waals surface area contributed by atoms with Crippen molar-refractivity contribution in [3.8, 4) is 0 Å². The molecule has 1 heterocycles. The first-order valence-corrected chi connectivity index (χ1v) is 13.1. The van der Waals surface area contributed by atoms with Gasteiger partial charge in [-0.05, 0) is 55.8 Å². The summed E-state index contributed by atoms with van der Waals surface area (Å²) < 4.78 is 0. The lowest BCUT2D eigenvalue weighted by Crippen LogP contribution is -2.40. The van der Waals surface area contributed by atoms with Crippen LogP contribution in [0.25, 0.3) is 0 Å². The summed E-state index contributed by atoms with van der Waals surface area (Å²) in [5, 5.41) is 3.97. The quantitative estimate of drug-likeness (QED) is 0.355. The summed E-state index contributed by atoms with van der Waals surface area (Å²) in [5.41, 5.74) is 4.83. The number of rotatable bonds is 6. The van der Waals surface area contributed by atoms with E-state index in [1.807, 2.05) is 0 Å². The van der Waals surface area contributed by atoms with Gasteiger partial charge in [0.05, 0.1) is 5.69 Å². The molecule has 162 valence electrons. The summed E-state index contributed by atoms with van der Waals surface area (Å²) in [6, 6.07) is 41.5. The van der Waals surface area contributed by atoms with Crippen LogP contribution in [0.4, 0.5) is 0 Å².